The van der Waals surface area contributed by atoms with E-state index in [1.54, 1.807) is 36.4 Å². The second-order valence-corrected chi connectivity index (χ2v) is 16.7. The van der Waals surface area contributed by atoms with Crippen molar-refractivity contribution in [3.63, 3.8) is 0 Å². The van der Waals surface area contributed by atoms with Gasteiger partial charge in [-0.3, -0.25) is 23.9 Å². The number of aliphatic hydroxyl groups is 1. The fraction of sp³-hybridized carbons (Fsp3) is 0.224. The number of aliphatic hydroxyl groups excluding tert-OH is 1. The Bertz CT molecular complexity index is 2370. The first kappa shape index (κ1) is 67.9. The average Bonchev–Trinajstić information content (AvgIpc) is 3.41. The summed E-state index contributed by atoms with van der Waals surface area (Å²) < 4.78 is 55.4. The summed E-state index contributed by atoms with van der Waals surface area (Å²) in [5.41, 5.74) is 9.03. The number of alkyl halides is 7. The Hall–Kier alpha value is -3.22. The molecule has 0 bridgehead atoms. The van der Waals surface area contributed by atoms with Crippen LogP contribution in [0, 0.1) is 11.3 Å². The first-order valence-corrected chi connectivity index (χ1v) is 27.0. The fourth-order valence-corrected chi connectivity index (χ4v) is 6.57. The van der Waals surface area contributed by atoms with Gasteiger partial charge >= 0.3 is 28.4 Å². The molecule has 0 aliphatic heterocycles. The maximum atomic E-state index is 13.0. The Balaban J connectivity index is -0.000000245. The zero-order chi connectivity index (χ0) is 53.9. The van der Waals surface area contributed by atoms with Crippen molar-refractivity contribution in [1.82, 2.24) is 0 Å². The molecule has 0 aliphatic carbocycles. The van der Waals surface area contributed by atoms with Crippen LogP contribution in [0.3, 0.4) is 0 Å². The van der Waals surface area contributed by atoms with Crippen molar-refractivity contribution in [1.29, 1.82) is 6.39 Å². The molecular formula is C49H52Br6F3MnNO8S. The fourth-order valence-electron chi connectivity index (χ4n) is 4.04. The third-order valence-corrected chi connectivity index (χ3v) is 11.8. The molecule has 0 saturated heterocycles. The van der Waals surface area contributed by atoms with Gasteiger partial charge in [0.25, 0.3) is 0 Å². The molecule has 0 amide bonds. The van der Waals surface area contributed by atoms with Gasteiger partial charge in [-0.25, -0.2) is 0 Å². The van der Waals surface area contributed by atoms with Crippen LogP contribution in [0.15, 0.2) is 131 Å². The van der Waals surface area contributed by atoms with E-state index in [1.165, 1.54) is 22.8 Å². The summed E-state index contributed by atoms with van der Waals surface area (Å²) in [6, 6.07) is 35.5. The van der Waals surface area contributed by atoms with Gasteiger partial charge in [-0.05, 0) is 78.6 Å². The molecule has 69 heavy (non-hydrogen) atoms. The predicted octanol–water partition coefficient (Wildman–Crippen LogP) is 14.9. The molecule has 377 valence electrons. The van der Waals surface area contributed by atoms with E-state index in [2.05, 4.69) is 122 Å². The van der Waals surface area contributed by atoms with Crippen molar-refractivity contribution in [2.45, 2.75) is 59.4 Å². The third kappa shape index (κ3) is 33.9. The Morgan fingerprint density at radius 2 is 1.17 bits per heavy atom. The monoisotopic (exact) mass is 1400 g/mol. The van der Waals surface area contributed by atoms with Crippen molar-refractivity contribution in [3.8, 4) is 6.07 Å². The van der Waals surface area contributed by atoms with E-state index < -0.39 is 32.6 Å². The van der Waals surface area contributed by atoms with Gasteiger partial charge in [0.1, 0.15) is 13.5 Å². The van der Waals surface area contributed by atoms with Crippen LogP contribution >= 0.6 is 108 Å². The van der Waals surface area contributed by atoms with Crippen LogP contribution in [-0.4, -0.2) is 43.4 Å². The van der Waals surface area contributed by atoms with Gasteiger partial charge in [-0.2, -0.15) is 26.6 Å². The number of carbonyl (C=O) groups excluding carboxylic acids is 5. The summed E-state index contributed by atoms with van der Waals surface area (Å²) in [6.07, 6.45) is 2.57. The molecule has 0 aromatic heterocycles. The molecule has 5 rings (SSSR count). The normalized spacial score (nSPS) is 9.90. The topological polar surface area (TPSA) is 164 Å². The number of ketones is 1. The Morgan fingerprint density at radius 3 is 1.48 bits per heavy atom. The van der Waals surface area contributed by atoms with Crippen LogP contribution < -0.4 is 0 Å². The molecule has 5 aromatic rings. The van der Waals surface area contributed by atoms with Gasteiger partial charge in [-0.1, -0.05) is 204 Å². The number of benzene rings is 5. The first-order chi connectivity index (χ1) is 33.4. The van der Waals surface area contributed by atoms with Crippen LogP contribution in [-0.2, 0) is 69.4 Å². The van der Waals surface area contributed by atoms with Crippen molar-refractivity contribution in [3.05, 3.63) is 187 Å². The average molecular weight is 1410 g/mol. The minimum atomic E-state index is -3.43. The number of nitriles is 1. The molecule has 0 fully saturated rings. The van der Waals surface area contributed by atoms with Crippen molar-refractivity contribution in [2.75, 3.05) is 6.23 Å². The molecular weight excluding hydrogens is 1350 g/mol. The van der Waals surface area contributed by atoms with Crippen LogP contribution in [0.5, 0.6) is 0 Å². The van der Waals surface area contributed by atoms with Gasteiger partial charge in [0, 0.05) is 50.6 Å². The van der Waals surface area contributed by atoms with E-state index in [4.69, 9.17) is 20.5 Å². The van der Waals surface area contributed by atoms with Gasteiger partial charge < -0.3 is 9.90 Å². The van der Waals surface area contributed by atoms with E-state index >= 15 is 0 Å². The van der Waals surface area contributed by atoms with E-state index in [9.17, 15) is 32.8 Å². The number of halogens is 9. The number of aldehydes is 4. The molecule has 0 saturated carbocycles. The standard InChI is InChI=1S/C9H6Br2F2O.C9H9BrO2.C9H7BrO2.C8H6BrN.C8H7BrO.C5H10.CH4S.FH.Mn.2O.H2/c10-4-6-1-2-7(8(11)3-6)9(12,13)5-14;2*10-5-7-1-3-8(4-2-7)9(12)6-11;2*9-5-7-1-3-8(6-10)4-2-7;1-4-5(2)3;1-2;;;;;/h1-3,5H,4H2;1-4,6,9,12H,5H2;1-4,6H,5H2;1-4H,5H2;1-4,6H,5H2;4H,1-3H3;2H,1H3;1H;;;;1H/i;;;;;;1D;;;;;1+2/hT. The molecule has 1 unspecified atom stereocenters. The van der Waals surface area contributed by atoms with E-state index in [0.29, 0.717) is 34.6 Å². The molecule has 0 heterocycles. The predicted molar refractivity (Wildman–Crippen MR) is 291 cm³/mol. The van der Waals surface area contributed by atoms with Crippen molar-refractivity contribution < 1.29 is 67.9 Å². The quantitative estimate of drug-likeness (QED) is 0.0235. The third-order valence-electron chi connectivity index (χ3n) is 7.88. The Kier molecular flexibility index (Phi) is 45.1. The summed E-state index contributed by atoms with van der Waals surface area (Å²) in [7, 11) is 0. The number of hydrogen-bond donors (Lipinski definition) is 2. The number of carbonyl (C=O) groups is 5. The molecule has 5 aromatic carbocycles. The summed E-state index contributed by atoms with van der Waals surface area (Å²) >= 11 is 18.8. The van der Waals surface area contributed by atoms with Gasteiger partial charge in [0.15, 0.2) is 18.9 Å². The number of Topliss-reactive ketones (excluding diaryl/α,β-unsaturated/α-hetero) is 1. The number of thiol groups is 1. The molecule has 0 radical (unpaired) electrons. The number of rotatable bonds is 12. The summed E-state index contributed by atoms with van der Waals surface area (Å²) in [5, 5.41) is 21.4. The van der Waals surface area contributed by atoms with Crippen LogP contribution in [0.25, 0.3) is 0 Å². The molecule has 1 N–H and O–H groups in total. The number of nitrogens with zero attached hydrogens (tertiary/aromatic N) is 1. The second-order valence-electron chi connectivity index (χ2n) is 12.8. The van der Waals surface area contributed by atoms with Gasteiger partial charge in [0.2, 0.25) is 5.78 Å². The maximum absolute atomic E-state index is 13.0. The van der Waals surface area contributed by atoms with E-state index in [1.807, 2.05) is 79.7 Å². The van der Waals surface area contributed by atoms with Crippen molar-refractivity contribution in [2.24, 2.45) is 0 Å². The molecule has 9 nitrogen and oxygen atoms in total. The molecule has 1 atom stereocenters. The van der Waals surface area contributed by atoms with E-state index in [0.717, 1.165) is 62.4 Å². The van der Waals surface area contributed by atoms with E-state index in [-0.39, 0.29) is 28.7 Å². The molecule has 0 spiro atoms. The SMILES string of the molecule is CC=C(C)C.F.N#Cc1ccc(CBr)cc1.O=CC(=O)c1ccc(CBr)cc1.O=CC(F)(F)c1ccc(CBr)cc1Br.O=CC(O)c1ccc(CBr)cc1.O=Cc1ccc(CBr)cc1.[2H]CS[3H].[3HH].[O]=[Mn]=[O]. The summed E-state index contributed by atoms with van der Waals surface area (Å²) in [5.74, 6) is -3.90. The zero-order valence-electron chi connectivity index (χ0n) is 39.1. The van der Waals surface area contributed by atoms with Gasteiger partial charge in [-0.15, -0.1) is 0 Å². The Labute approximate surface area is 467 Å². The van der Waals surface area contributed by atoms with Gasteiger partial charge in [0.05, 0.1) is 11.6 Å². The second kappa shape index (κ2) is 45.9. The first-order valence-electron chi connectivity index (χ1n) is 20.1. The summed E-state index contributed by atoms with van der Waals surface area (Å²) in [4.78, 5) is 51.5. The number of allylic oxidation sites excluding steroid dienone is 2. The molecule has 0 aliphatic rings. The Morgan fingerprint density at radius 1 is 0.797 bits per heavy atom. The number of hydrogen-bond acceptors (Lipinski definition) is 10. The minimum absolute atomic E-state index is 0. The molecule has 20 heteroatoms. The summed E-state index contributed by atoms with van der Waals surface area (Å²) in [6.45, 7) is 6.20. The van der Waals surface area contributed by atoms with Crippen LogP contribution in [0.1, 0.15) is 94.9 Å². The zero-order valence-corrected chi connectivity index (χ0v) is 48.7. The van der Waals surface area contributed by atoms with Crippen LogP contribution in [0.2, 0.25) is 0 Å². The van der Waals surface area contributed by atoms with Crippen LogP contribution in [0.4, 0.5) is 13.5 Å². The van der Waals surface area contributed by atoms with Crippen molar-refractivity contribution >= 4 is 139 Å².